The maximum absolute atomic E-state index is 5.73. The minimum Gasteiger partial charge on any atom is -0.368 e. The summed E-state index contributed by atoms with van der Waals surface area (Å²) in [7, 11) is 0. The molecule has 2 aromatic rings. The monoisotopic (exact) mass is 202 g/mol. The van der Waals surface area contributed by atoms with Crippen molar-refractivity contribution in [2.75, 3.05) is 5.73 Å². The van der Waals surface area contributed by atoms with Gasteiger partial charge in [0.05, 0.1) is 6.54 Å². The zero-order chi connectivity index (χ0) is 10.8. The molecule has 4 heteroatoms. The molecule has 0 aliphatic carbocycles. The highest BCUT2D eigenvalue weighted by atomic mass is 15.4. The summed E-state index contributed by atoms with van der Waals surface area (Å²) < 4.78 is 1.72. The molecule has 0 bridgehead atoms. The number of aromatic nitrogens is 3. The van der Waals surface area contributed by atoms with Crippen LogP contribution in [-0.2, 0) is 6.54 Å². The fraction of sp³-hybridized carbons (Fsp3) is 0.273. The molecule has 0 aliphatic rings. The van der Waals surface area contributed by atoms with Crippen LogP contribution in [0.4, 0.5) is 5.95 Å². The second-order valence-corrected chi connectivity index (χ2v) is 3.60. The van der Waals surface area contributed by atoms with E-state index in [-0.39, 0.29) is 0 Å². The van der Waals surface area contributed by atoms with E-state index in [0.717, 1.165) is 0 Å². The molecule has 1 aromatic heterocycles. The van der Waals surface area contributed by atoms with Gasteiger partial charge in [-0.2, -0.15) is 10.1 Å². The zero-order valence-electron chi connectivity index (χ0n) is 8.94. The molecule has 78 valence electrons. The fourth-order valence-electron chi connectivity index (χ4n) is 1.54. The van der Waals surface area contributed by atoms with Gasteiger partial charge in [0.1, 0.15) is 5.82 Å². The Morgan fingerprint density at radius 2 is 2.00 bits per heavy atom. The minimum atomic E-state index is 0.468. The van der Waals surface area contributed by atoms with E-state index in [1.165, 1.54) is 11.1 Å². The Balaban J connectivity index is 2.29. The van der Waals surface area contributed by atoms with E-state index in [4.69, 9.17) is 5.73 Å². The van der Waals surface area contributed by atoms with Crippen LogP contribution in [0.2, 0.25) is 0 Å². The molecule has 15 heavy (non-hydrogen) atoms. The maximum Gasteiger partial charge on any atom is 0.219 e. The Bertz CT molecular complexity index is 473. The van der Waals surface area contributed by atoms with Crippen LogP contribution in [0.25, 0.3) is 0 Å². The largest absolute Gasteiger partial charge is 0.368 e. The fourth-order valence-corrected chi connectivity index (χ4v) is 1.54. The lowest BCUT2D eigenvalue weighted by Crippen LogP contribution is -2.07. The molecule has 1 heterocycles. The maximum atomic E-state index is 5.73. The third-order valence-electron chi connectivity index (χ3n) is 2.39. The Morgan fingerprint density at radius 1 is 1.27 bits per heavy atom. The van der Waals surface area contributed by atoms with Crippen LogP contribution in [0.1, 0.15) is 17.0 Å². The van der Waals surface area contributed by atoms with E-state index >= 15 is 0 Å². The summed E-state index contributed by atoms with van der Waals surface area (Å²) in [5.74, 6) is 1.18. The van der Waals surface area contributed by atoms with Crippen LogP contribution in [-0.4, -0.2) is 14.8 Å². The molecule has 2 rings (SSSR count). The third kappa shape index (κ3) is 1.98. The summed E-state index contributed by atoms with van der Waals surface area (Å²) in [6.07, 6.45) is 0. The standard InChI is InChI=1S/C11H14N4/c1-8-5-3-4-6-10(8)7-15-11(12)13-9(2)14-15/h3-6H,7H2,1-2H3,(H2,12,13,14). The van der Waals surface area contributed by atoms with Crippen molar-refractivity contribution in [3.63, 3.8) is 0 Å². The Labute approximate surface area is 88.8 Å². The predicted molar refractivity (Wildman–Crippen MR) is 59.5 cm³/mol. The number of rotatable bonds is 2. The molecule has 0 atom stereocenters. The number of anilines is 1. The van der Waals surface area contributed by atoms with Gasteiger partial charge in [0.2, 0.25) is 5.95 Å². The van der Waals surface area contributed by atoms with E-state index in [1.54, 1.807) is 4.68 Å². The number of benzene rings is 1. The smallest absolute Gasteiger partial charge is 0.219 e. The molecule has 0 radical (unpaired) electrons. The average molecular weight is 202 g/mol. The van der Waals surface area contributed by atoms with E-state index in [2.05, 4.69) is 29.1 Å². The molecule has 0 spiro atoms. The molecule has 0 amide bonds. The lowest BCUT2D eigenvalue weighted by atomic mass is 10.1. The van der Waals surface area contributed by atoms with Crippen LogP contribution in [0, 0.1) is 13.8 Å². The van der Waals surface area contributed by atoms with Gasteiger partial charge < -0.3 is 5.73 Å². The Kier molecular flexibility index (Phi) is 2.41. The lowest BCUT2D eigenvalue weighted by molar-refractivity contribution is 0.686. The molecule has 4 nitrogen and oxygen atoms in total. The van der Waals surface area contributed by atoms with Gasteiger partial charge in [0.25, 0.3) is 0 Å². The first-order valence-corrected chi connectivity index (χ1v) is 4.88. The molecule has 0 fully saturated rings. The van der Waals surface area contributed by atoms with Crippen molar-refractivity contribution in [2.24, 2.45) is 0 Å². The quantitative estimate of drug-likeness (QED) is 0.803. The van der Waals surface area contributed by atoms with Gasteiger partial charge in [-0.3, -0.25) is 0 Å². The number of nitrogen functional groups attached to an aromatic ring is 1. The molecule has 0 saturated carbocycles. The summed E-state index contributed by atoms with van der Waals surface area (Å²) >= 11 is 0. The van der Waals surface area contributed by atoms with Gasteiger partial charge in [0.15, 0.2) is 0 Å². The Morgan fingerprint density at radius 3 is 2.60 bits per heavy atom. The van der Waals surface area contributed by atoms with Gasteiger partial charge in [-0.05, 0) is 25.0 Å². The molecule has 0 saturated heterocycles. The first-order chi connectivity index (χ1) is 7.16. The average Bonchev–Trinajstić information content (AvgIpc) is 2.49. The zero-order valence-corrected chi connectivity index (χ0v) is 8.94. The summed E-state index contributed by atoms with van der Waals surface area (Å²) in [5.41, 5.74) is 8.19. The molecule has 1 aromatic carbocycles. The van der Waals surface area contributed by atoms with Crippen LogP contribution in [0.3, 0.4) is 0 Å². The van der Waals surface area contributed by atoms with Crippen molar-refractivity contribution in [1.29, 1.82) is 0 Å². The van der Waals surface area contributed by atoms with Crippen molar-refractivity contribution < 1.29 is 0 Å². The number of hydrogen-bond donors (Lipinski definition) is 1. The van der Waals surface area contributed by atoms with Crippen LogP contribution in [0.15, 0.2) is 24.3 Å². The molecule has 0 unspecified atom stereocenters. The number of nitrogens with zero attached hydrogens (tertiary/aromatic N) is 3. The summed E-state index contributed by atoms with van der Waals surface area (Å²) in [5, 5.41) is 4.23. The highest BCUT2D eigenvalue weighted by molar-refractivity contribution is 5.27. The van der Waals surface area contributed by atoms with Gasteiger partial charge >= 0.3 is 0 Å². The molecular weight excluding hydrogens is 188 g/mol. The van der Waals surface area contributed by atoms with E-state index in [0.29, 0.717) is 18.3 Å². The Hall–Kier alpha value is -1.84. The number of hydrogen-bond acceptors (Lipinski definition) is 3. The normalized spacial score (nSPS) is 10.5. The van der Waals surface area contributed by atoms with E-state index in [1.807, 2.05) is 19.1 Å². The predicted octanol–water partition coefficient (Wildman–Crippen LogP) is 1.53. The first-order valence-electron chi connectivity index (χ1n) is 4.88. The summed E-state index contributed by atoms with van der Waals surface area (Å²) in [4.78, 5) is 4.07. The SMILES string of the molecule is Cc1nc(N)n(Cc2ccccc2C)n1. The number of nitrogens with two attached hydrogens (primary N) is 1. The van der Waals surface area contributed by atoms with Gasteiger partial charge in [-0.15, -0.1) is 0 Å². The van der Waals surface area contributed by atoms with Crippen LogP contribution in [0.5, 0.6) is 0 Å². The van der Waals surface area contributed by atoms with Crippen molar-refractivity contribution in [2.45, 2.75) is 20.4 Å². The molecular formula is C11H14N4. The molecule has 0 aliphatic heterocycles. The van der Waals surface area contributed by atoms with Crippen molar-refractivity contribution in [3.8, 4) is 0 Å². The second kappa shape index (κ2) is 3.73. The van der Waals surface area contributed by atoms with Crippen LogP contribution < -0.4 is 5.73 Å². The van der Waals surface area contributed by atoms with Gasteiger partial charge in [0, 0.05) is 0 Å². The van der Waals surface area contributed by atoms with Crippen molar-refractivity contribution >= 4 is 5.95 Å². The lowest BCUT2D eigenvalue weighted by Gasteiger charge is -2.05. The van der Waals surface area contributed by atoms with E-state index in [9.17, 15) is 0 Å². The minimum absolute atomic E-state index is 0.468. The van der Waals surface area contributed by atoms with E-state index < -0.39 is 0 Å². The highest BCUT2D eigenvalue weighted by Crippen LogP contribution is 2.10. The highest BCUT2D eigenvalue weighted by Gasteiger charge is 2.05. The molecule has 2 N–H and O–H groups in total. The number of aryl methyl sites for hydroxylation is 2. The van der Waals surface area contributed by atoms with Gasteiger partial charge in [-0.25, -0.2) is 4.68 Å². The summed E-state index contributed by atoms with van der Waals surface area (Å²) in [6, 6.07) is 8.19. The van der Waals surface area contributed by atoms with Crippen LogP contribution >= 0.6 is 0 Å². The van der Waals surface area contributed by atoms with Crippen molar-refractivity contribution in [3.05, 3.63) is 41.2 Å². The summed E-state index contributed by atoms with van der Waals surface area (Å²) in [6.45, 7) is 4.60. The first kappa shape index (κ1) is 9.71. The van der Waals surface area contributed by atoms with Crippen molar-refractivity contribution in [1.82, 2.24) is 14.8 Å². The third-order valence-corrected chi connectivity index (χ3v) is 2.39. The van der Waals surface area contributed by atoms with Gasteiger partial charge in [-0.1, -0.05) is 24.3 Å². The second-order valence-electron chi connectivity index (χ2n) is 3.60. The topological polar surface area (TPSA) is 56.7 Å².